The van der Waals surface area contributed by atoms with Crippen LogP contribution in [0.2, 0.25) is 5.02 Å². The van der Waals surface area contributed by atoms with Crippen molar-refractivity contribution in [3.63, 3.8) is 0 Å². The average molecular weight is 326 g/mol. The van der Waals surface area contributed by atoms with Crippen molar-refractivity contribution in [1.82, 2.24) is 4.98 Å². The number of hydrogen-bond donors (Lipinski definition) is 2. The highest BCUT2D eigenvalue weighted by Gasteiger charge is 2.20. The molecule has 0 atom stereocenters. The van der Waals surface area contributed by atoms with Crippen LogP contribution in [0.3, 0.4) is 0 Å². The minimum Gasteiger partial charge on any atom is -0.398 e. The van der Waals surface area contributed by atoms with Crippen molar-refractivity contribution in [3.8, 4) is 0 Å². The first kappa shape index (κ1) is 15.6. The van der Waals surface area contributed by atoms with E-state index >= 15 is 0 Å². The molecule has 0 aliphatic carbocycles. The number of halogens is 1. The van der Waals surface area contributed by atoms with Crippen molar-refractivity contribution >= 4 is 33.1 Å². The molecule has 1 aromatic carbocycles. The van der Waals surface area contributed by atoms with Gasteiger partial charge in [0.25, 0.3) is 10.0 Å². The summed E-state index contributed by atoms with van der Waals surface area (Å²) in [5.74, 6) is 0.253. The second-order valence-electron chi connectivity index (χ2n) is 4.92. The van der Waals surface area contributed by atoms with Gasteiger partial charge in [0.2, 0.25) is 0 Å². The lowest BCUT2D eigenvalue weighted by molar-refractivity contribution is 0.601. The number of hydrogen-bond acceptors (Lipinski definition) is 4. The lowest BCUT2D eigenvalue weighted by Gasteiger charge is -2.12. The predicted molar refractivity (Wildman–Crippen MR) is 85.1 cm³/mol. The Labute approximate surface area is 129 Å². The molecule has 2 aromatic rings. The molecule has 5 nitrogen and oxygen atoms in total. The molecule has 0 spiro atoms. The van der Waals surface area contributed by atoms with Gasteiger partial charge in [-0.05, 0) is 56.2 Å². The number of anilines is 2. The zero-order valence-corrected chi connectivity index (χ0v) is 13.5. The molecule has 0 unspecified atom stereocenters. The van der Waals surface area contributed by atoms with Gasteiger partial charge in [0.05, 0.1) is 5.02 Å². The topological polar surface area (TPSA) is 85.1 Å². The molecule has 7 heteroatoms. The number of sulfonamides is 1. The number of benzene rings is 1. The Bertz CT molecular complexity index is 784. The average Bonchev–Trinajstić information content (AvgIpc) is 2.31. The maximum Gasteiger partial charge on any atom is 0.264 e. The highest BCUT2D eigenvalue weighted by atomic mass is 35.5. The van der Waals surface area contributed by atoms with Gasteiger partial charge in [-0.25, -0.2) is 13.4 Å². The number of aryl methyl sites for hydroxylation is 3. The number of nitrogens with one attached hydrogen (secondary N) is 1. The third-order valence-electron chi connectivity index (χ3n) is 2.95. The Morgan fingerprint density at radius 2 is 1.81 bits per heavy atom. The SMILES string of the molecule is Cc1cc(C)nc(NS(=O)(=O)c2cc(N)c(C)cc2Cl)c1. The van der Waals surface area contributed by atoms with E-state index in [1.165, 1.54) is 12.1 Å². The van der Waals surface area contributed by atoms with Gasteiger partial charge in [-0.1, -0.05) is 11.6 Å². The van der Waals surface area contributed by atoms with E-state index in [1.807, 2.05) is 13.0 Å². The summed E-state index contributed by atoms with van der Waals surface area (Å²) in [5.41, 5.74) is 8.49. The van der Waals surface area contributed by atoms with Crippen LogP contribution in [-0.4, -0.2) is 13.4 Å². The largest absolute Gasteiger partial charge is 0.398 e. The molecule has 0 aliphatic heterocycles. The quantitative estimate of drug-likeness (QED) is 0.849. The number of rotatable bonds is 3. The fourth-order valence-electron chi connectivity index (χ4n) is 1.96. The summed E-state index contributed by atoms with van der Waals surface area (Å²) < 4.78 is 27.3. The summed E-state index contributed by atoms with van der Waals surface area (Å²) in [6, 6.07) is 6.38. The van der Waals surface area contributed by atoms with Gasteiger partial charge in [0.1, 0.15) is 10.7 Å². The van der Waals surface area contributed by atoms with Crippen LogP contribution in [0.5, 0.6) is 0 Å². The maximum absolute atomic E-state index is 12.4. The Kier molecular flexibility index (Phi) is 4.11. The van der Waals surface area contributed by atoms with Crippen molar-refractivity contribution in [2.45, 2.75) is 25.7 Å². The normalized spacial score (nSPS) is 11.4. The molecular formula is C14H16ClN3O2S. The molecule has 0 amide bonds. The molecule has 0 radical (unpaired) electrons. The molecular weight excluding hydrogens is 310 g/mol. The highest BCUT2D eigenvalue weighted by molar-refractivity contribution is 7.92. The van der Waals surface area contributed by atoms with Gasteiger partial charge in [-0.3, -0.25) is 4.72 Å². The first-order chi connectivity index (χ1) is 9.69. The summed E-state index contributed by atoms with van der Waals surface area (Å²) in [6.07, 6.45) is 0. The van der Waals surface area contributed by atoms with Crippen LogP contribution in [-0.2, 0) is 10.0 Å². The molecule has 3 N–H and O–H groups in total. The van der Waals surface area contributed by atoms with E-state index < -0.39 is 10.0 Å². The van der Waals surface area contributed by atoms with Crippen LogP contribution in [0, 0.1) is 20.8 Å². The van der Waals surface area contributed by atoms with Crippen molar-refractivity contribution in [3.05, 3.63) is 46.1 Å². The van der Waals surface area contributed by atoms with E-state index in [0.29, 0.717) is 5.69 Å². The minimum absolute atomic E-state index is 0.0618. The number of nitrogen functional groups attached to an aromatic ring is 1. The van der Waals surface area contributed by atoms with Crippen molar-refractivity contribution in [1.29, 1.82) is 0 Å². The molecule has 1 heterocycles. The third kappa shape index (κ3) is 3.46. The summed E-state index contributed by atoms with van der Waals surface area (Å²) in [5, 5.41) is 0.124. The molecule has 0 aliphatic rings. The number of pyridine rings is 1. The molecule has 1 aromatic heterocycles. The Hall–Kier alpha value is -1.79. The molecule has 0 fully saturated rings. The predicted octanol–water partition coefficient (Wildman–Crippen LogP) is 3.04. The van der Waals surface area contributed by atoms with Crippen LogP contribution in [0.25, 0.3) is 0 Å². The van der Waals surface area contributed by atoms with Gasteiger partial charge in [0, 0.05) is 11.4 Å². The molecule has 0 bridgehead atoms. The van der Waals surface area contributed by atoms with Crippen LogP contribution >= 0.6 is 11.6 Å². The smallest absolute Gasteiger partial charge is 0.264 e. The maximum atomic E-state index is 12.4. The number of nitrogens with two attached hydrogens (primary N) is 1. The molecule has 2 rings (SSSR count). The zero-order valence-electron chi connectivity index (χ0n) is 11.9. The summed E-state index contributed by atoms with van der Waals surface area (Å²) in [6.45, 7) is 5.42. The van der Waals surface area contributed by atoms with Gasteiger partial charge < -0.3 is 5.73 Å². The van der Waals surface area contributed by atoms with Crippen LogP contribution in [0.15, 0.2) is 29.2 Å². The molecule has 0 saturated heterocycles. The van der Waals surface area contributed by atoms with E-state index in [0.717, 1.165) is 16.8 Å². The fraction of sp³-hybridized carbons (Fsp3) is 0.214. The van der Waals surface area contributed by atoms with E-state index in [-0.39, 0.29) is 15.7 Å². The minimum atomic E-state index is -3.84. The summed E-state index contributed by atoms with van der Waals surface area (Å²) in [7, 11) is -3.84. The van der Waals surface area contributed by atoms with Gasteiger partial charge in [0.15, 0.2) is 0 Å². The van der Waals surface area contributed by atoms with E-state index in [1.54, 1.807) is 19.9 Å². The fourth-order valence-corrected chi connectivity index (χ4v) is 3.57. The van der Waals surface area contributed by atoms with Crippen molar-refractivity contribution in [2.24, 2.45) is 0 Å². The Morgan fingerprint density at radius 3 is 2.43 bits per heavy atom. The standard InChI is InChI=1S/C14H16ClN3O2S/c1-8-4-10(3)17-14(5-8)18-21(19,20)13-7-12(16)9(2)6-11(13)15/h4-7H,16H2,1-3H3,(H,17,18). The molecule has 21 heavy (non-hydrogen) atoms. The first-order valence-corrected chi connectivity index (χ1v) is 8.09. The third-order valence-corrected chi connectivity index (χ3v) is 4.77. The summed E-state index contributed by atoms with van der Waals surface area (Å²) >= 11 is 6.02. The van der Waals surface area contributed by atoms with Gasteiger partial charge >= 0.3 is 0 Å². The Morgan fingerprint density at radius 1 is 1.14 bits per heavy atom. The number of nitrogens with zero attached hydrogens (tertiary/aromatic N) is 1. The van der Waals surface area contributed by atoms with Crippen LogP contribution in [0.1, 0.15) is 16.8 Å². The van der Waals surface area contributed by atoms with Crippen molar-refractivity contribution < 1.29 is 8.42 Å². The van der Waals surface area contributed by atoms with E-state index in [4.69, 9.17) is 17.3 Å². The monoisotopic (exact) mass is 325 g/mol. The van der Waals surface area contributed by atoms with Gasteiger partial charge in [-0.15, -0.1) is 0 Å². The second-order valence-corrected chi connectivity index (χ2v) is 6.97. The first-order valence-electron chi connectivity index (χ1n) is 6.23. The zero-order chi connectivity index (χ0) is 15.8. The number of aromatic nitrogens is 1. The van der Waals surface area contributed by atoms with E-state index in [9.17, 15) is 8.42 Å². The Balaban J connectivity index is 2.45. The van der Waals surface area contributed by atoms with Crippen LogP contribution < -0.4 is 10.5 Å². The van der Waals surface area contributed by atoms with Crippen LogP contribution in [0.4, 0.5) is 11.5 Å². The lowest BCUT2D eigenvalue weighted by Crippen LogP contribution is -2.15. The van der Waals surface area contributed by atoms with Gasteiger partial charge in [-0.2, -0.15) is 0 Å². The van der Waals surface area contributed by atoms with Crippen molar-refractivity contribution in [2.75, 3.05) is 10.5 Å². The second kappa shape index (κ2) is 5.54. The molecule has 112 valence electrons. The highest BCUT2D eigenvalue weighted by Crippen LogP contribution is 2.28. The lowest BCUT2D eigenvalue weighted by atomic mass is 10.2. The summed E-state index contributed by atoms with van der Waals surface area (Å²) in [4.78, 5) is 4.09. The molecule has 0 saturated carbocycles. The van der Waals surface area contributed by atoms with E-state index in [2.05, 4.69) is 9.71 Å².